The summed E-state index contributed by atoms with van der Waals surface area (Å²) in [5, 5.41) is 22.1. The molecule has 1 heterocycles. The van der Waals surface area contributed by atoms with Crippen molar-refractivity contribution in [1.29, 1.82) is 0 Å². The third kappa shape index (κ3) is 2.31. The van der Waals surface area contributed by atoms with Crippen LogP contribution >= 0.6 is 9.47 Å². The Morgan fingerprint density at radius 2 is 1.84 bits per heavy atom. The quantitative estimate of drug-likeness (QED) is 0.315. The molecule has 2 atom stereocenters. The molecule has 1 aliphatic carbocycles. The van der Waals surface area contributed by atoms with Gasteiger partial charge in [-0.05, 0) is 6.42 Å². The minimum Gasteiger partial charge on any atom is -0.360 e. The number of hydrogen-bond donors (Lipinski definition) is 0. The van der Waals surface area contributed by atoms with Crippen LogP contribution in [0, 0.1) is 26.1 Å². The first-order valence-corrected chi connectivity index (χ1v) is 6.32. The van der Waals surface area contributed by atoms with E-state index in [0.29, 0.717) is 19.6 Å². The minimum atomic E-state index is -2.13. The van der Waals surface area contributed by atoms with Gasteiger partial charge in [-0.25, -0.2) is 0 Å². The van der Waals surface area contributed by atoms with Crippen LogP contribution < -0.4 is 0 Å². The summed E-state index contributed by atoms with van der Waals surface area (Å²) in [6.45, 7) is 0.788. The van der Waals surface area contributed by atoms with Gasteiger partial charge in [-0.15, -0.1) is 0 Å². The topological polar surface area (TPSA) is 114 Å². The summed E-state index contributed by atoms with van der Waals surface area (Å²) < 4.78 is 16.0. The molecule has 2 aliphatic rings. The van der Waals surface area contributed by atoms with Crippen molar-refractivity contribution >= 4 is 9.47 Å². The van der Waals surface area contributed by atoms with E-state index in [1.165, 1.54) is 0 Å². The summed E-state index contributed by atoms with van der Waals surface area (Å²) in [4.78, 5) is 20.5. The van der Waals surface area contributed by atoms with Crippen molar-refractivity contribution in [3.8, 4) is 0 Å². The van der Waals surface area contributed by atoms with Crippen LogP contribution in [0.2, 0.25) is 0 Å². The van der Waals surface area contributed by atoms with Gasteiger partial charge in [0.2, 0.25) is 0 Å². The number of nitrogens with zero attached hydrogens (tertiary/aromatic N) is 2. The van der Waals surface area contributed by atoms with Gasteiger partial charge in [0.25, 0.3) is 0 Å². The Morgan fingerprint density at radius 1 is 1.26 bits per heavy atom. The lowest BCUT2D eigenvalue weighted by atomic mass is 9.96. The fourth-order valence-corrected chi connectivity index (χ4v) is 3.03. The van der Waals surface area contributed by atoms with E-state index in [1.54, 1.807) is 0 Å². The van der Waals surface area contributed by atoms with Crippen LogP contribution in [0.4, 0.5) is 0 Å². The molecular formula is C9H15N2O7P. The number of hydrogen-bond acceptors (Lipinski definition) is 7. The Balaban J connectivity index is 2.20. The van der Waals surface area contributed by atoms with Crippen LogP contribution in [0.25, 0.3) is 0 Å². The Kier molecular flexibility index (Phi) is 4.00. The number of nitro groups is 2. The summed E-state index contributed by atoms with van der Waals surface area (Å²) in [6.07, 6.45) is -0.0278. The van der Waals surface area contributed by atoms with Gasteiger partial charge in [0, 0.05) is 15.4 Å². The lowest BCUT2D eigenvalue weighted by Crippen LogP contribution is -2.47. The van der Waals surface area contributed by atoms with E-state index < -0.39 is 27.2 Å². The second-order valence-electron chi connectivity index (χ2n) is 4.76. The van der Waals surface area contributed by atoms with Gasteiger partial charge in [0.1, 0.15) is 6.61 Å². The molecule has 19 heavy (non-hydrogen) atoms. The minimum absolute atomic E-state index is 0.0772. The molecule has 9 nitrogen and oxygen atoms in total. The first kappa shape index (κ1) is 14.5. The van der Waals surface area contributed by atoms with Crippen molar-refractivity contribution in [3.05, 3.63) is 20.2 Å². The van der Waals surface area contributed by atoms with Gasteiger partial charge in [0.05, 0.1) is 35.9 Å². The highest BCUT2D eigenvalue weighted by Gasteiger charge is 2.65. The van der Waals surface area contributed by atoms with E-state index in [9.17, 15) is 20.2 Å². The first-order chi connectivity index (χ1) is 8.97. The van der Waals surface area contributed by atoms with Crippen molar-refractivity contribution < 1.29 is 23.8 Å². The van der Waals surface area contributed by atoms with Gasteiger partial charge in [-0.3, -0.25) is 20.2 Å². The van der Waals surface area contributed by atoms with Crippen molar-refractivity contribution in [2.45, 2.75) is 30.7 Å². The molecule has 2 unspecified atom stereocenters. The predicted molar refractivity (Wildman–Crippen MR) is 64.4 cm³/mol. The molecule has 1 aliphatic heterocycles. The summed E-state index contributed by atoms with van der Waals surface area (Å²) in [7, 11) is 2.06. The molecule has 1 saturated carbocycles. The van der Waals surface area contributed by atoms with Gasteiger partial charge in [0.15, 0.2) is 5.79 Å². The molecule has 108 valence electrons. The third-order valence-electron chi connectivity index (χ3n) is 3.83. The summed E-state index contributed by atoms with van der Waals surface area (Å²) in [5.74, 6) is -1.53. The van der Waals surface area contributed by atoms with E-state index in [4.69, 9.17) is 14.0 Å². The maximum atomic E-state index is 11.0. The van der Waals surface area contributed by atoms with Crippen molar-refractivity contribution in [1.82, 2.24) is 0 Å². The third-order valence-corrected chi connectivity index (χ3v) is 4.00. The van der Waals surface area contributed by atoms with Crippen LogP contribution in [0.3, 0.4) is 0 Å². The maximum Gasteiger partial charge on any atom is 0.459 e. The Labute approximate surface area is 111 Å². The van der Waals surface area contributed by atoms with E-state index in [0.717, 1.165) is 0 Å². The highest BCUT2D eigenvalue weighted by atomic mass is 31.0. The second kappa shape index (κ2) is 5.24. The number of rotatable bonds is 5. The Bertz CT molecular complexity index is 371. The lowest BCUT2D eigenvalue weighted by molar-refractivity contribution is -0.795. The van der Waals surface area contributed by atoms with Crippen molar-refractivity contribution in [2.24, 2.45) is 5.92 Å². The van der Waals surface area contributed by atoms with E-state index in [2.05, 4.69) is 9.47 Å². The standard InChI is InChI=1S/C9H15N2O7P/c12-10(13)8(11(14)15)2-1-7(5-8)9(6-18-19)16-3-4-17-9/h7H,1-6,19H2. The molecule has 0 aromatic heterocycles. The van der Waals surface area contributed by atoms with E-state index in [-0.39, 0.29) is 19.4 Å². The molecule has 0 amide bonds. The fourth-order valence-electron chi connectivity index (χ4n) is 2.80. The Hall–Kier alpha value is -0.890. The molecule has 0 spiro atoms. The largest absolute Gasteiger partial charge is 0.459 e. The summed E-state index contributed by atoms with van der Waals surface area (Å²) >= 11 is 0. The van der Waals surface area contributed by atoms with Gasteiger partial charge in [-0.2, -0.15) is 0 Å². The zero-order valence-electron chi connectivity index (χ0n) is 10.1. The van der Waals surface area contributed by atoms with Crippen LogP contribution in [-0.4, -0.2) is 41.1 Å². The smallest absolute Gasteiger partial charge is 0.360 e. The van der Waals surface area contributed by atoms with Gasteiger partial charge in [-0.1, -0.05) is 0 Å². The van der Waals surface area contributed by atoms with Crippen molar-refractivity contribution in [2.75, 3.05) is 19.8 Å². The van der Waals surface area contributed by atoms with Crippen LogP contribution in [0.5, 0.6) is 0 Å². The van der Waals surface area contributed by atoms with Crippen LogP contribution in [-0.2, 0) is 14.0 Å². The van der Waals surface area contributed by atoms with Gasteiger partial charge < -0.3 is 14.0 Å². The predicted octanol–water partition coefficient (Wildman–Crippen LogP) is 0.586. The Morgan fingerprint density at radius 3 is 2.26 bits per heavy atom. The molecule has 2 fully saturated rings. The highest BCUT2D eigenvalue weighted by Crippen LogP contribution is 2.46. The highest BCUT2D eigenvalue weighted by molar-refractivity contribution is 7.09. The summed E-state index contributed by atoms with van der Waals surface area (Å²) in [6, 6.07) is 0. The summed E-state index contributed by atoms with van der Waals surface area (Å²) in [5.41, 5.74) is -2.13. The fraction of sp³-hybridized carbons (Fsp3) is 1.00. The monoisotopic (exact) mass is 294 g/mol. The van der Waals surface area contributed by atoms with Crippen LogP contribution in [0.1, 0.15) is 19.3 Å². The molecule has 0 bridgehead atoms. The normalized spacial score (nSPS) is 28.4. The lowest BCUT2D eigenvalue weighted by Gasteiger charge is -2.31. The average molecular weight is 294 g/mol. The number of ether oxygens (including phenoxy) is 2. The molecule has 0 radical (unpaired) electrons. The maximum absolute atomic E-state index is 11.0. The molecular weight excluding hydrogens is 279 g/mol. The first-order valence-electron chi connectivity index (χ1n) is 5.85. The SMILES string of the molecule is O=[N+]([O-])C1([N+](=O)[O-])CCC(C2(COP)OCCO2)C1. The zero-order valence-corrected chi connectivity index (χ0v) is 11.3. The molecule has 2 rings (SSSR count). The van der Waals surface area contributed by atoms with Gasteiger partial charge >= 0.3 is 5.66 Å². The molecule has 0 aromatic carbocycles. The van der Waals surface area contributed by atoms with Crippen molar-refractivity contribution in [3.63, 3.8) is 0 Å². The molecule has 1 saturated heterocycles. The van der Waals surface area contributed by atoms with Crippen LogP contribution in [0.15, 0.2) is 0 Å². The molecule has 0 aromatic rings. The van der Waals surface area contributed by atoms with E-state index >= 15 is 0 Å². The molecule has 0 N–H and O–H groups in total. The van der Waals surface area contributed by atoms with E-state index in [1.807, 2.05) is 0 Å². The molecule has 10 heteroatoms. The second-order valence-corrected chi connectivity index (χ2v) is 5.09. The zero-order chi connectivity index (χ0) is 14.1. The average Bonchev–Trinajstić information content (AvgIpc) is 2.95.